The van der Waals surface area contributed by atoms with Gasteiger partial charge in [-0.1, -0.05) is 31.5 Å². The summed E-state index contributed by atoms with van der Waals surface area (Å²) in [5.74, 6) is -1.69. The van der Waals surface area contributed by atoms with Gasteiger partial charge in [-0.05, 0) is 30.9 Å². The van der Waals surface area contributed by atoms with Crippen molar-refractivity contribution in [1.82, 2.24) is 10.2 Å². The second-order valence-electron chi connectivity index (χ2n) is 6.44. The van der Waals surface area contributed by atoms with E-state index in [4.69, 9.17) is 16.7 Å². The highest BCUT2D eigenvalue weighted by Crippen LogP contribution is 2.27. The van der Waals surface area contributed by atoms with Crippen LogP contribution < -0.4 is 5.32 Å². The number of halogens is 2. The zero-order valence-electron chi connectivity index (χ0n) is 13.8. The molecule has 0 spiro atoms. The van der Waals surface area contributed by atoms with Crippen molar-refractivity contribution in [1.29, 1.82) is 0 Å². The molecule has 1 unspecified atom stereocenters. The number of aliphatic carboxylic acids is 1. The van der Waals surface area contributed by atoms with E-state index in [1.54, 1.807) is 17.0 Å². The minimum atomic E-state index is -0.821. The van der Waals surface area contributed by atoms with E-state index in [0.717, 1.165) is 0 Å². The minimum absolute atomic E-state index is 0.0128. The Bertz CT molecular complexity index is 616. The lowest BCUT2D eigenvalue weighted by atomic mass is 9.95. The maximum absolute atomic E-state index is 14.2. The predicted octanol–water partition coefficient (Wildman–Crippen LogP) is 3.68. The molecule has 0 aliphatic carbocycles. The Balaban J connectivity index is 2.06. The Morgan fingerprint density at radius 2 is 1.96 bits per heavy atom. The van der Waals surface area contributed by atoms with Crippen LogP contribution in [-0.4, -0.2) is 35.1 Å². The van der Waals surface area contributed by atoms with Crippen molar-refractivity contribution in [2.24, 2.45) is 11.8 Å². The Labute approximate surface area is 145 Å². The molecule has 2 rings (SSSR count). The molecule has 0 aromatic heterocycles. The van der Waals surface area contributed by atoms with Crippen LogP contribution in [0.5, 0.6) is 0 Å². The summed E-state index contributed by atoms with van der Waals surface area (Å²) in [6.45, 7) is 4.57. The molecule has 24 heavy (non-hydrogen) atoms. The third-order valence-electron chi connectivity index (χ3n) is 4.37. The van der Waals surface area contributed by atoms with Crippen LogP contribution in [-0.2, 0) is 4.79 Å². The van der Waals surface area contributed by atoms with Gasteiger partial charge < -0.3 is 15.3 Å². The second kappa shape index (κ2) is 7.83. The topological polar surface area (TPSA) is 69.6 Å². The number of carboxylic acid groups (broad SMARTS) is 1. The Hall–Kier alpha value is -1.82. The number of benzene rings is 1. The van der Waals surface area contributed by atoms with Crippen LogP contribution in [0, 0.1) is 17.7 Å². The van der Waals surface area contributed by atoms with Crippen molar-refractivity contribution in [3.8, 4) is 0 Å². The van der Waals surface area contributed by atoms with Crippen LogP contribution in [0.3, 0.4) is 0 Å². The number of carbonyl (C=O) groups excluding carboxylic acids is 1. The zero-order chi connectivity index (χ0) is 17.9. The minimum Gasteiger partial charge on any atom is -0.481 e. The average molecular weight is 357 g/mol. The Morgan fingerprint density at radius 3 is 2.46 bits per heavy atom. The van der Waals surface area contributed by atoms with E-state index < -0.39 is 23.7 Å². The molecule has 0 bridgehead atoms. The van der Waals surface area contributed by atoms with Crippen LogP contribution in [0.25, 0.3) is 0 Å². The normalized spacial score (nSPS) is 17.0. The SMILES string of the molecule is CC(C)C(NC(=O)N1CCC(C(=O)O)CC1)c1ccc(Cl)cc1F. The standard InChI is InChI=1S/C17H22ClFN2O3/c1-10(2)15(13-4-3-12(18)9-14(13)19)20-17(24)21-7-5-11(6-8-21)16(22)23/h3-4,9-11,15H,5-8H2,1-2H3,(H,20,24)(H,22,23). The number of urea groups is 1. The summed E-state index contributed by atoms with van der Waals surface area (Å²) in [6.07, 6.45) is 0.870. The lowest BCUT2D eigenvalue weighted by molar-refractivity contribution is -0.143. The second-order valence-corrected chi connectivity index (χ2v) is 6.87. The lowest BCUT2D eigenvalue weighted by Crippen LogP contribution is -2.47. The summed E-state index contributed by atoms with van der Waals surface area (Å²) in [4.78, 5) is 25.0. The number of nitrogens with zero attached hydrogens (tertiary/aromatic N) is 1. The number of amides is 2. The first-order valence-electron chi connectivity index (χ1n) is 8.02. The molecule has 1 atom stereocenters. The molecule has 0 saturated carbocycles. The van der Waals surface area contributed by atoms with Gasteiger partial charge in [-0.25, -0.2) is 9.18 Å². The molecule has 5 nitrogen and oxygen atoms in total. The molecule has 1 fully saturated rings. The predicted molar refractivity (Wildman–Crippen MR) is 89.5 cm³/mol. The molecular formula is C17H22ClFN2O3. The fraction of sp³-hybridized carbons (Fsp3) is 0.529. The fourth-order valence-electron chi connectivity index (χ4n) is 2.91. The number of rotatable bonds is 4. The van der Waals surface area contributed by atoms with Crippen LogP contribution in [0.2, 0.25) is 5.02 Å². The molecule has 7 heteroatoms. The van der Waals surface area contributed by atoms with E-state index in [1.165, 1.54) is 6.07 Å². The summed E-state index contributed by atoms with van der Waals surface area (Å²) in [6, 6.07) is 3.63. The van der Waals surface area contributed by atoms with Crippen molar-refractivity contribution in [3.63, 3.8) is 0 Å². The van der Waals surface area contributed by atoms with E-state index in [9.17, 15) is 14.0 Å². The molecule has 1 aliphatic heterocycles. The maximum Gasteiger partial charge on any atom is 0.317 e. The van der Waals surface area contributed by atoms with Crippen molar-refractivity contribution in [2.45, 2.75) is 32.7 Å². The Kier molecular flexibility index (Phi) is 6.04. The molecule has 2 amide bonds. The Morgan fingerprint density at radius 1 is 1.33 bits per heavy atom. The number of nitrogens with one attached hydrogen (secondary N) is 1. The molecule has 1 aliphatic rings. The molecule has 1 aromatic carbocycles. The molecule has 2 N–H and O–H groups in total. The van der Waals surface area contributed by atoms with E-state index in [2.05, 4.69) is 5.32 Å². The number of hydrogen-bond donors (Lipinski definition) is 2. The van der Waals surface area contributed by atoms with Gasteiger partial charge in [-0.3, -0.25) is 4.79 Å². The number of likely N-dealkylation sites (tertiary alicyclic amines) is 1. The van der Waals surface area contributed by atoms with Crippen molar-refractivity contribution >= 4 is 23.6 Å². The van der Waals surface area contributed by atoms with E-state index in [-0.39, 0.29) is 11.9 Å². The quantitative estimate of drug-likeness (QED) is 0.864. The van der Waals surface area contributed by atoms with Crippen LogP contribution >= 0.6 is 11.6 Å². The highest BCUT2D eigenvalue weighted by Gasteiger charge is 2.29. The number of carboxylic acids is 1. The van der Waals surface area contributed by atoms with Gasteiger partial charge >= 0.3 is 12.0 Å². The van der Waals surface area contributed by atoms with Gasteiger partial charge in [0.15, 0.2) is 0 Å². The molecule has 1 aromatic rings. The third kappa shape index (κ3) is 4.38. The van der Waals surface area contributed by atoms with Gasteiger partial charge in [0.05, 0.1) is 12.0 Å². The van der Waals surface area contributed by atoms with Crippen LogP contribution in [0.15, 0.2) is 18.2 Å². The van der Waals surface area contributed by atoms with Crippen molar-refractivity contribution in [3.05, 3.63) is 34.6 Å². The number of piperidine rings is 1. The van der Waals surface area contributed by atoms with Gasteiger partial charge in [0.25, 0.3) is 0 Å². The van der Waals surface area contributed by atoms with Gasteiger partial charge in [-0.2, -0.15) is 0 Å². The zero-order valence-corrected chi connectivity index (χ0v) is 14.5. The number of carbonyl (C=O) groups is 2. The smallest absolute Gasteiger partial charge is 0.317 e. The monoisotopic (exact) mass is 356 g/mol. The van der Waals surface area contributed by atoms with E-state index >= 15 is 0 Å². The van der Waals surface area contributed by atoms with E-state index in [0.29, 0.717) is 36.5 Å². The van der Waals surface area contributed by atoms with Gasteiger partial charge in [0, 0.05) is 23.7 Å². The number of hydrogen-bond acceptors (Lipinski definition) is 2. The van der Waals surface area contributed by atoms with Crippen LogP contribution in [0.1, 0.15) is 38.3 Å². The van der Waals surface area contributed by atoms with Crippen LogP contribution in [0.4, 0.5) is 9.18 Å². The van der Waals surface area contributed by atoms with Crippen molar-refractivity contribution in [2.75, 3.05) is 13.1 Å². The molecule has 132 valence electrons. The van der Waals surface area contributed by atoms with Gasteiger partial charge in [-0.15, -0.1) is 0 Å². The highest BCUT2D eigenvalue weighted by atomic mass is 35.5. The molecule has 1 saturated heterocycles. The first-order chi connectivity index (χ1) is 11.3. The average Bonchev–Trinajstić information content (AvgIpc) is 2.53. The van der Waals surface area contributed by atoms with Crippen molar-refractivity contribution < 1.29 is 19.1 Å². The summed E-state index contributed by atoms with van der Waals surface area (Å²) >= 11 is 5.78. The molecule has 1 heterocycles. The third-order valence-corrected chi connectivity index (χ3v) is 4.61. The largest absolute Gasteiger partial charge is 0.481 e. The highest BCUT2D eigenvalue weighted by molar-refractivity contribution is 6.30. The summed E-state index contributed by atoms with van der Waals surface area (Å²) in [7, 11) is 0. The fourth-order valence-corrected chi connectivity index (χ4v) is 3.07. The molecule has 0 radical (unpaired) electrons. The summed E-state index contributed by atoms with van der Waals surface area (Å²) < 4.78 is 14.2. The maximum atomic E-state index is 14.2. The summed E-state index contributed by atoms with van der Waals surface area (Å²) in [5, 5.41) is 12.2. The first kappa shape index (κ1) is 18.5. The van der Waals surface area contributed by atoms with E-state index in [1.807, 2.05) is 13.8 Å². The first-order valence-corrected chi connectivity index (χ1v) is 8.40. The summed E-state index contributed by atoms with van der Waals surface area (Å²) in [5.41, 5.74) is 0.392. The lowest BCUT2D eigenvalue weighted by Gasteiger charge is -2.33. The van der Waals surface area contributed by atoms with Gasteiger partial charge in [0.1, 0.15) is 5.82 Å². The van der Waals surface area contributed by atoms with Gasteiger partial charge in [0.2, 0.25) is 0 Å². The molecular weight excluding hydrogens is 335 g/mol.